The summed E-state index contributed by atoms with van der Waals surface area (Å²) >= 11 is 0. The molecule has 0 aliphatic heterocycles. The molecule has 2 N–H and O–H groups in total. The zero-order valence-corrected chi connectivity index (χ0v) is 35.4. The molecule has 53 heavy (non-hydrogen) atoms. The number of aromatic hydroxyl groups is 2. The molecule has 0 spiro atoms. The fraction of sp³-hybridized carbons (Fsp3) is 0.449. The quantitative estimate of drug-likeness (QED) is 0.113. The van der Waals surface area contributed by atoms with Crippen molar-refractivity contribution in [1.82, 2.24) is 0 Å². The molecule has 0 fully saturated rings. The number of esters is 1. The highest BCUT2D eigenvalue weighted by Gasteiger charge is 2.27. The van der Waals surface area contributed by atoms with E-state index in [-0.39, 0.29) is 27.4 Å². The Morgan fingerprint density at radius 1 is 0.509 bits per heavy atom. The van der Waals surface area contributed by atoms with Crippen molar-refractivity contribution in [3.8, 4) is 17.2 Å². The molecule has 0 saturated carbocycles. The zero-order valence-electron chi connectivity index (χ0n) is 35.4. The molecule has 284 valence electrons. The van der Waals surface area contributed by atoms with E-state index in [1.807, 2.05) is 12.1 Å². The molecular weight excluding hydrogens is 653 g/mol. The van der Waals surface area contributed by atoms with Crippen molar-refractivity contribution in [1.29, 1.82) is 0 Å². The van der Waals surface area contributed by atoms with E-state index in [9.17, 15) is 15.0 Å². The lowest BCUT2D eigenvalue weighted by molar-refractivity contribution is -0.129. The first-order chi connectivity index (χ1) is 24.2. The third-order valence-electron chi connectivity index (χ3n) is 9.97. The number of aryl methyl sites for hydroxylation is 4. The third kappa shape index (κ3) is 9.82. The highest BCUT2D eigenvalue weighted by Crippen LogP contribution is 2.41. The Morgan fingerprint density at radius 2 is 0.849 bits per heavy atom. The number of carbonyl (C=O) groups is 1. The molecule has 0 aromatic heterocycles. The Kier molecular flexibility index (Phi) is 11.6. The maximum Gasteiger partial charge on any atom is 0.336 e. The van der Waals surface area contributed by atoms with Gasteiger partial charge in [-0.25, -0.2) is 4.79 Å². The van der Waals surface area contributed by atoms with Crippen LogP contribution in [0.5, 0.6) is 17.2 Å². The van der Waals surface area contributed by atoms with E-state index in [2.05, 4.69) is 153 Å². The first-order valence-corrected chi connectivity index (χ1v) is 19.0. The Hall–Kier alpha value is -4.31. The molecule has 0 bridgehead atoms. The van der Waals surface area contributed by atoms with Crippen molar-refractivity contribution in [2.24, 2.45) is 0 Å². The molecule has 0 amide bonds. The maximum absolute atomic E-state index is 14.0. The highest BCUT2D eigenvalue weighted by atomic mass is 16.5. The minimum absolute atomic E-state index is 0.208. The number of ether oxygens (including phenoxy) is 1. The van der Waals surface area contributed by atoms with E-state index in [4.69, 9.17) is 4.74 Å². The molecule has 0 aliphatic rings. The lowest BCUT2D eigenvalue weighted by Gasteiger charge is -2.26. The van der Waals surface area contributed by atoms with Gasteiger partial charge in [0.25, 0.3) is 0 Å². The summed E-state index contributed by atoms with van der Waals surface area (Å²) < 4.78 is 6.37. The van der Waals surface area contributed by atoms with Crippen LogP contribution in [0, 0.1) is 27.7 Å². The summed E-state index contributed by atoms with van der Waals surface area (Å²) in [6, 6.07) is 16.7. The van der Waals surface area contributed by atoms with Crippen molar-refractivity contribution >= 4 is 12.0 Å². The number of phenolic OH excluding ortho intramolecular Hbond substituents is 2. The molecular formula is C49H64O4. The summed E-state index contributed by atoms with van der Waals surface area (Å²) in [7, 11) is 0. The first-order valence-electron chi connectivity index (χ1n) is 19.0. The van der Waals surface area contributed by atoms with Crippen LogP contribution >= 0.6 is 0 Å². The van der Waals surface area contributed by atoms with Gasteiger partial charge >= 0.3 is 5.97 Å². The van der Waals surface area contributed by atoms with Crippen LogP contribution in [-0.4, -0.2) is 16.2 Å². The van der Waals surface area contributed by atoms with E-state index >= 15 is 0 Å². The molecule has 0 atom stereocenters. The molecule has 0 saturated heterocycles. The van der Waals surface area contributed by atoms with Crippen molar-refractivity contribution in [2.45, 2.75) is 145 Å². The molecule has 0 heterocycles. The molecule has 4 aromatic carbocycles. The molecule has 0 radical (unpaired) electrons. The number of phenols is 2. The van der Waals surface area contributed by atoms with Crippen LogP contribution in [0.25, 0.3) is 6.08 Å². The van der Waals surface area contributed by atoms with Crippen LogP contribution in [-0.2, 0) is 39.3 Å². The van der Waals surface area contributed by atoms with Gasteiger partial charge in [-0.15, -0.1) is 0 Å². The monoisotopic (exact) mass is 716 g/mol. The standard InChI is InChI=1S/C49H64O4/c1-29-19-33(27-34-20-30(2)24-39(43(34)51)47(8,9)10)37(38(23-29)46(5,6)7)17-18-42(50)53-45-36(22-32(4)26-41(45)49(14,15)16)28-35-21-31(3)25-40(44(35)52)48(11,12)13/h17-26,51-52H,27-28H2,1-16H3. The number of rotatable bonds is 7. The Morgan fingerprint density at radius 3 is 1.26 bits per heavy atom. The zero-order chi connectivity index (χ0) is 40.0. The SMILES string of the molecule is Cc1cc(Cc2cc(C)cc(C(C)(C)C)c2C=CC(=O)Oc2c(Cc3cc(C)cc(C(C)(C)C)c3O)cc(C)cc2C(C)(C)C)c(O)c(C(C)(C)C)c1. The largest absolute Gasteiger partial charge is 0.507 e. The molecule has 4 rings (SSSR count). The summed E-state index contributed by atoms with van der Waals surface area (Å²) in [5.74, 6) is 0.682. The smallest absolute Gasteiger partial charge is 0.336 e. The third-order valence-corrected chi connectivity index (χ3v) is 9.97. The minimum Gasteiger partial charge on any atom is -0.507 e. The summed E-state index contributed by atoms with van der Waals surface area (Å²) in [5.41, 5.74) is 11.8. The van der Waals surface area contributed by atoms with Crippen LogP contribution in [0.15, 0.2) is 54.6 Å². The molecule has 0 unspecified atom stereocenters. The van der Waals surface area contributed by atoms with E-state index in [0.29, 0.717) is 24.3 Å². The van der Waals surface area contributed by atoms with Gasteiger partial charge in [0.1, 0.15) is 17.2 Å². The highest BCUT2D eigenvalue weighted by molar-refractivity contribution is 5.90. The molecule has 0 aliphatic carbocycles. The average molecular weight is 717 g/mol. The van der Waals surface area contributed by atoms with Gasteiger partial charge in [0, 0.05) is 24.5 Å². The van der Waals surface area contributed by atoms with E-state index in [0.717, 1.165) is 72.3 Å². The number of hydrogen-bond donors (Lipinski definition) is 2. The van der Waals surface area contributed by atoms with Crippen LogP contribution in [0.1, 0.15) is 155 Å². The molecule has 4 nitrogen and oxygen atoms in total. The van der Waals surface area contributed by atoms with Crippen molar-refractivity contribution < 1.29 is 19.7 Å². The van der Waals surface area contributed by atoms with Gasteiger partial charge < -0.3 is 14.9 Å². The molecule has 4 heteroatoms. The van der Waals surface area contributed by atoms with Gasteiger partial charge in [-0.05, 0) is 99.9 Å². The average Bonchev–Trinajstić information content (AvgIpc) is 2.98. The van der Waals surface area contributed by atoms with Gasteiger partial charge in [0.05, 0.1) is 0 Å². The Bertz CT molecular complexity index is 2050. The van der Waals surface area contributed by atoms with Crippen LogP contribution in [0.3, 0.4) is 0 Å². The van der Waals surface area contributed by atoms with E-state index < -0.39 is 5.97 Å². The summed E-state index contributed by atoms with van der Waals surface area (Å²) in [6.45, 7) is 33.9. The van der Waals surface area contributed by atoms with E-state index in [1.54, 1.807) is 0 Å². The number of hydrogen-bond acceptors (Lipinski definition) is 4. The van der Waals surface area contributed by atoms with Crippen LogP contribution in [0.4, 0.5) is 0 Å². The minimum atomic E-state index is -0.468. The number of benzene rings is 4. The maximum atomic E-state index is 14.0. The molecule has 4 aromatic rings. The predicted octanol–water partition coefficient (Wildman–Crippen LogP) is 12.3. The van der Waals surface area contributed by atoms with Crippen molar-refractivity contribution in [2.75, 3.05) is 0 Å². The van der Waals surface area contributed by atoms with Gasteiger partial charge in [-0.2, -0.15) is 0 Å². The summed E-state index contributed by atoms with van der Waals surface area (Å²) in [4.78, 5) is 14.0. The second kappa shape index (κ2) is 14.8. The normalized spacial score (nSPS) is 12.8. The van der Waals surface area contributed by atoms with E-state index in [1.165, 1.54) is 6.08 Å². The summed E-state index contributed by atoms with van der Waals surface area (Å²) in [6.07, 6.45) is 4.36. The van der Waals surface area contributed by atoms with Crippen LogP contribution in [0.2, 0.25) is 0 Å². The topological polar surface area (TPSA) is 66.8 Å². The van der Waals surface area contributed by atoms with Crippen molar-refractivity contribution in [3.05, 3.63) is 127 Å². The van der Waals surface area contributed by atoms with Crippen molar-refractivity contribution in [3.63, 3.8) is 0 Å². The lowest BCUT2D eigenvalue weighted by atomic mass is 9.79. The second-order valence-corrected chi connectivity index (χ2v) is 19.4. The fourth-order valence-electron chi connectivity index (χ4n) is 7.31. The summed E-state index contributed by atoms with van der Waals surface area (Å²) in [5, 5.41) is 23.0. The Balaban J connectivity index is 1.83. The van der Waals surface area contributed by atoms with Gasteiger partial charge in [0.15, 0.2) is 0 Å². The fourth-order valence-corrected chi connectivity index (χ4v) is 7.31. The Labute approximate surface area is 320 Å². The van der Waals surface area contributed by atoms with Gasteiger partial charge in [-0.1, -0.05) is 154 Å². The van der Waals surface area contributed by atoms with Gasteiger partial charge in [-0.3, -0.25) is 0 Å². The van der Waals surface area contributed by atoms with Gasteiger partial charge in [0.2, 0.25) is 0 Å². The predicted molar refractivity (Wildman–Crippen MR) is 223 cm³/mol. The number of carbonyl (C=O) groups excluding carboxylic acids is 1. The second-order valence-electron chi connectivity index (χ2n) is 19.4. The lowest BCUT2D eigenvalue weighted by Crippen LogP contribution is -2.18. The first kappa shape index (κ1) is 41.4. The van der Waals surface area contributed by atoms with Crippen LogP contribution < -0.4 is 4.74 Å².